The van der Waals surface area contributed by atoms with Crippen LogP contribution in [0.25, 0.3) is 0 Å². The van der Waals surface area contributed by atoms with Crippen LogP contribution in [0.3, 0.4) is 0 Å². The molecule has 0 aliphatic rings. The van der Waals surface area contributed by atoms with Gasteiger partial charge in [0, 0.05) is 0 Å². The molecule has 96 valence electrons. The summed E-state index contributed by atoms with van der Waals surface area (Å²) in [5.41, 5.74) is 0. The van der Waals surface area contributed by atoms with Crippen molar-refractivity contribution in [3.8, 4) is 0 Å². The second kappa shape index (κ2) is 10.7. The molecule has 0 rings (SSSR count). The molecule has 0 aliphatic carbocycles. The second-order valence-corrected chi connectivity index (χ2v) is 3.48. The summed E-state index contributed by atoms with van der Waals surface area (Å²) in [6.45, 7) is 18.8. The standard InChI is InChI=1S/C12H20N.CH2O3/c1-5-9-13(10-6-2,11-7-3)12-8-4;2-1(3)4/h5-8H,1-4,9-12H2;(H2,2,3,4)/q+1;/p-1. The Hall–Kier alpha value is -1.81. The molecule has 4 nitrogen and oxygen atoms in total. The van der Waals surface area contributed by atoms with Crippen LogP contribution < -0.4 is 10.2 Å². The van der Waals surface area contributed by atoms with Gasteiger partial charge in [-0.1, -0.05) is 26.3 Å². The summed E-state index contributed by atoms with van der Waals surface area (Å²) < 4.78 is 0.903. The molecular formula is C13H21NO3. The molecular weight excluding hydrogens is 218 g/mol. The topological polar surface area (TPSA) is 63.2 Å². The molecule has 0 saturated carbocycles. The minimum atomic E-state index is -2.33. The molecule has 0 radical (unpaired) electrons. The summed E-state index contributed by atoms with van der Waals surface area (Å²) in [4.78, 5) is 8.33. The summed E-state index contributed by atoms with van der Waals surface area (Å²) in [6, 6.07) is 0. The Morgan fingerprint density at radius 3 is 1.18 bits per heavy atom. The quantitative estimate of drug-likeness (QED) is 0.449. The fourth-order valence-corrected chi connectivity index (χ4v) is 1.54. The van der Waals surface area contributed by atoms with E-state index >= 15 is 0 Å². The van der Waals surface area contributed by atoms with E-state index in [9.17, 15) is 0 Å². The van der Waals surface area contributed by atoms with Gasteiger partial charge in [0.2, 0.25) is 0 Å². The van der Waals surface area contributed by atoms with Gasteiger partial charge in [-0.05, 0) is 30.5 Å². The van der Waals surface area contributed by atoms with E-state index in [0.29, 0.717) is 0 Å². The zero-order valence-corrected chi connectivity index (χ0v) is 10.1. The number of carbonyl (C=O) groups excluding carboxylic acids is 1. The van der Waals surface area contributed by atoms with Crippen LogP contribution in [0, 0.1) is 0 Å². The molecule has 0 saturated heterocycles. The Balaban J connectivity index is -0.000000392. The van der Waals surface area contributed by atoms with Crippen LogP contribution >= 0.6 is 0 Å². The Bertz CT molecular complexity index is 228. The Morgan fingerprint density at radius 1 is 0.882 bits per heavy atom. The Labute approximate surface area is 105 Å². The lowest BCUT2D eigenvalue weighted by molar-refractivity contribution is -0.906. The summed E-state index contributed by atoms with van der Waals surface area (Å²) >= 11 is 0. The molecule has 0 heterocycles. The first kappa shape index (κ1) is 17.6. The maximum atomic E-state index is 8.33. The highest BCUT2D eigenvalue weighted by Gasteiger charge is 2.20. The first-order valence-corrected chi connectivity index (χ1v) is 5.14. The van der Waals surface area contributed by atoms with Crippen molar-refractivity contribution in [2.75, 3.05) is 26.2 Å². The van der Waals surface area contributed by atoms with Gasteiger partial charge in [0.1, 0.15) is 0 Å². The van der Waals surface area contributed by atoms with Crippen molar-refractivity contribution in [3.63, 3.8) is 0 Å². The van der Waals surface area contributed by atoms with E-state index in [1.165, 1.54) is 0 Å². The molecule has 0 unspecified atom stereocenters. The Kier molecular flexibility index (Phi) is 11.1. The number of nitrogens with zero attached hydrogens (tertiary/aromatic N) is 1. The third kappa shape index (κ3) is 10.5. The van der Waals surface area contributed by atoms with E-state index in [-0.39, 0.29) is 1.43 Å². The summed E-state index contributed by atoms with van der Waals surface area (Å²) in [5, 5.41) is 16.7. The average Bonchev–Trinajstić information content (AvgIpc) is 2.18. The molecule has 0 spiro atoms. The first-order chi connectivity index (χ1) is 7.97. The van der Waals surface area contributed by atoms with Gasteiger partial charge >= 0.3 is 1.43 Å². The minimum Gasteiger partial charge on any atom is -0.652 e. The summed E-state index contributed by atoms with van der Waals surface area (Å²) in [5.74, 6) is 0. The molecule has 0 fully saturated rings. The van der Waals surface area contributed by atoms with Gasteiger partial charge in [0.05, 0.1) is 26.2 Å². The highest BCUT2D eigenvalue weighted by molar-refractivity contribution is 5.47. The van der Waals surface area contributed by atoms with E-state index in [1.807, 2.05) is 24.3 Å². The molecule has 0 aromatic rings. The van der Waals surface area contributed by atoms with Crippen LogP contribution in [0.4, 0.5) is 4.79 Å². The van der Waals surface area contributed by atoms with Gasteiger partial charge < -0.3 is 19.5 Å². The molecule has 0 bridgehead atoms. The average molecular weight is 239 g/mol. The van der Waals surface area contributed by atoms with Gasteiger partial charge in [-0.3, -0.25) is 0 Å². The van der Waals surface area contributed by atoms with Gasteiger partial charge in [-0.25, -0.2) is 0 Å². The van der Waals surface area contributed by atoms with Crippen LogP contribution in [0.5, 0.6) is 0 Å². The molecule has 0 amide bonds. The van der Waals surface area contributed by atoms with E-state index < -0.39 is 6.16 Å². The predicted octanol–water partition coefficient (Wildman–Crippen LogP) is 0.213. The maximum absolute atomic E-state index is 8.33. The monoisotopic (exact) mass is 239 g/mol. The molecule has 0 atom stereocenters. The third-order valence-electron chi connectivity index (χ3n) is 2.07. The van der Waals surface area contributed by atoms with Crippen molar-refractivity contribution >= 4 is 6.16 Å². The van der Waals surface area contributed by atoms with Crippen molar-refractivity contribution in [1.82, 2.24) is 0 Å². The lowest BCUT2D eigenvalue weighted by atomic mass is 10.3. The van der Waals surface area contributed by atoms with Crippen molar-refractivity contribution in [2.24, 2.45) is 0 Å². The number of rotatable bonds is 8. The van der Waals surface area contributed by atoms with E-state index in [4.69, 9.17) is 15.0 Å². The minimum absolute atomic E-state index is 0. The molecule has 0 aliphatic heterocycles. The first-order valence-electron chi connectivity index (χ1n) is 5.14. The van der Waals surface area contributed by atoms with Gasteiger partial charge in [-0.2, -0.15) is 0 Å². The summed E-state index contributed by atoms with van der Waals surface area (Å²) in [7, 11) is 0. The maximum Gasteiger partial charge on any atom is 1.00 e. The van der Waals surface area contributed by atoms with E-state index in [2.05, 4.69) is 26.3 Å². The number of carboxylic acid groups (broad SMARTS) is 2. The SMILES string of the molecule is C=CC[N+](CC=C)(CC=C)CC=C.O=C([O-])[O-].[H+]. The van der Waals surface area contributed by atoms with Gasteiger partial charge in [0.15, 0.2) is 0 Å². The van der Waals surface area contributed by atoms with Crippen molar-refractivity contribution in [2.45, 2.75) is 0 Å². The van der Waals surface area contributed by atoms with Gasteiger partial charge in [-0.15, -0.1) is 0 Å². The van der Waals surface area contributed by atoms with Crippen LogP contribution in [0.15, 0.2) is 50.6 Å². The highest BCUT2D eigenvalue weighted by Crippen LogP contribution is 2.07. The normalized spacial score (nSPS) is 9.41. The van der Waals surface area contributed by atoms with E-state index in [0.717, 1.165) is 30.7 Å². The fourth-order valence-electron chi connectivity index (χ4n) is 1.54. The van der Waals surface area contributed by atoms with Crippen molar-refractivity contribution in [3.05, 3.63) is 50.6 Å². The molecule has 0 aromatic carbocycles. The zero-order valence-electron chi connectivity index (χ0n) is 11.1. The van der Waals surface area contributed by atoms with Crippen LogP contribution in [0.1, 0.15) is 1.43 Å². The smallest absolute Gasteiger partial charge is 0.652 e. The number of carbonyl (C=O) groups is 1. The third-order valence-corrected chi connectivity index (χ3v) is 2.07. The predicted molar refractivity (Wildman–Crippen MR) is 67.0 cm³/mol. The lowest BCUT2D eigenvalue weighted by Gasteiger charge is -2.35. The number of hydrogen-bond acceptors (Lipinski definition) is 3. The van der Waals surface area contributed by atoms with Crippen molar-refractivity contribution in [1.29, 1.82) is 0 Å². The van der Waals surface area contributed by atoms with E-state index in [1.54, 1.807) is 0 Å². The highest BCUT2D eigenvalue weighted by atomic mass is 16.6. The lowest BCUT2D eigenvalue weighted by Crippen LogP contribution is -2.48. The molecule has 0 aromatic heterocycles. The van der Waals surface area contributed by atoms with Crippen LogP contribution in [0.2, 0.25) is 0 Å². The number of quaternary nitrogens is 1. The largest absolute Gasteiger partial charge is 1.00 e. The van der Waals surface area contributed by atoms with Gasteiger partial charge in [0.25, 0.3) is 0 Å². The number of hydrogen-bond donors (Lipinski definition) is 0. The zero-order chi connectivity index (χ0) is 13.7. The fraction of sp³-hybridized carbons (Fsp3) is 0.308. The second-order valence-electron chi connectivity index (χ2n) is 3.48. The Morgan fingerprint density at radius 2 is 1.06 bits per heavy atom. The molecule has 17 heavy (non-hydrogen) atoms. The van der Waals surface area contributed by atoms with Crippen molar-refractivity contribution < 1.29 is 20.9 Å². The molecule has 0 N–H and O–H groups in total. The molecule has 4 heteroatoms. The summed E-state index contributed by atoms with van der Waals surface area (Å²) in [6.07, 6.45) is 5.43. The van der Waals surface area contributed by atoms with Crippen LogP contribution in [-0.4, -0.2) is 36.8 Å². The van der Waals surface area contributed by atoms with Crippen LogP contribution in [-0.2, 0) is 0 Å².